The second-order valence-corrected chi connectivity index (χ2v) is 9.73. The van der Waals surface area contributed by atoms with Crippen molar-refractivity contribution in [3.05, 3.63) is 60.2 Å². The first kappa shape index (κ1) is 19.2. The lowest BCUT2D eigenvalue weighted by atomic mass is 10.0. The van der Waals surface area contributed by atoms with Gasteiger partial charge in [-0.25, -0.2) is 13.1 Å². The monoisotopic (exact) mass is 398 g/mol. The Morgan fingerprint density at radius 2 is 1.71 bits per heavy atom. The van der Waals surface area contributed by atoms with Gasteiger partial charge in [-0.05, 0) is 41.9 Å². The van der Waals surface area contributed by atoms with Gasteiger partial charge in [-0.3, -0.25) is 4.79 Å². The predicted octanol–water partition coefficient (Wildman–Crippen LogP) is 3.00. The Labute approximate surface area is 166 Å². The van der Waals surface area contributed by atoms with Gasteiger partial charge in [-0.15, -0.1) is 0 Å². The highest BCUT2D eigenvalue weighted by Crippen LogP contribution is 2.49. The number of nitrogens with one attached hydrogen (secondary N) is 1. The molecule has 2 aliphatic rings. The fourth-order valence-corrected chi connectivity index (χ4v) is 5.00. The molecule has 1 aliphatic carbocycles. The Morgan fingerprint density at radius 1 is 1.04 bits per heavy atom. The summed E-state index contributed by atoms with van der Waals surface area (Å²) in [5.41, 5.74) is 3.58. The predicted molar refractivity (Wildman–Crippen MR) is 110 cm³/mol. The lowest BCUT2D eigenvalue weighted by molar-refractivity contribution is -0.133. The summed E-state index contributed by atoms with van der Waals surface area (Å²) in [5.74, 6) is 0.470. The summed E-state index contributed by atoms with van der Waals surface area (Å²) in [6.07, 6.45) is 3.67. The number of rotatable bonds is 5. The normalized spacial score (nSPS) is 24.8. The van der Waals surface area contributed by atoms with E-state index in [1.54, 1.807) is 0 Å². The lowest BCUT2D eigenvalue weighted by Crippen LogP contribution is -2.49. The first-order valence-corrected chi connectivity index (χ1v) is 11.7. The van der Waals surface area contributed by atoms with Gasteiger partial charge in [0.25, 0.3) is 0 Å². The minimum absolute atomic E-state index is 0.0274. The molecular formula is C22H26N2O3S. The molecule has 1 saturated carbocycles. The zero-order valence-electron chi connectivity index (χ0n) is 16.0. The first-order chi connectivity index (χ1) is 13.4. The number of hydrogen-bond acceptors (Lipinski definition) is 3. The number of sulfonamides is 1. The van der Waals surface area contributed by atoms with Crippen molar-refractivity contribution in [2.45, 2.75) is 31.2 Å². The Morgan fingerprint density at radius 3 is 2.39 bits per heavy atom. The maximum atomic E-state index is 12.9. The van der Waals surface area contributed by atoms with Crippen LogP contribution in [0.4, 0.5) is 0 Å². The Hall–Kier alpha value is -2.18. The SMILES string of the molecule is CS(=O)(=O)N[C@H]1CCCN(C(=O)[C@@H]2C[C@H]2c2ccc(-c3ccccc3)cc2)C1. The summed E-state index contributed by atoms with van der Waals surface area (Å²) in [4.78, 5) is 14.7. The lowest BCUT2D eigenvalue weighted by Gasteiger charge is -2.33. The summed E-state index contributed by atoms with van der Waals surface area (Å²) in [7, 11) is -3.25. The van der Waals surface area contributed by atoms with Crippen LogP contribution >= 0.6 is 0 Å². The van der Waals surface area contributed by atoms with Crippen LogP contribution in [-0.2, 0) is 14.8 Å². The fraction of sp³-hybridized carbons (Fsp3) is 0.409. The minimum atomic E-state index is -3.25. The van der Waals surface area contributed by atoms with Crippen LogP contribution in [0.1, 0.15) is 30.7 Å². The molecule has 0 radical (unpaired) electrons. The fourth-order valence-electron chi connectivity index (χ4n) is 4.20. The van der Waals surface area contributed by atoms with Gasteiger partial charge in [0.15, 0.2) is 0 Å². The maximum absolute atomic E-state index is 12.9. The molecule has 0 bridgehead atoms. The van der Waals surface area contributed by atoms with Crippen molar-refractivity contribution in [1.82, 2.24) is 9.62 Å². The molecule has 1 saturated heterocycles. The van der Waals surface area contributed by atoms with Crippen LogP contribution in [0.25, 0.3) is 11.1 Å². The molecular weight excluding hydrogens is 372 g/mol. The first-order valence-electron chi connectivity index (χ1n) is 9.82. The van der Waals surface area contributed by atoms with Gasteiger partial charge in [0.1, 0.15) is 0 Å². The molecule has 1 heterocycles. The second kappa shape index (κ2) is 7.68. The van der Waals surface area contributed by atoms with Crippen molar-refractivity contribution in [3.63, 3.8) is 0 Å². The van der Waals surface area contributed by atoms with Gasteiger partial charge in [0.2, 0.25) is 15.9 Å². The van der Waals surface area contributed by atoms with Crippen LogP contribution in [0.2, 0.25) is 0 Å². The van der Waals surface area contributed by atoms with E-state index in [1.807, 2.05) is 23.1 Å². The molecule has 5 nitrogen and oxygen atoms in total. The van der Waals surface area contributed by atoms with Crippen LogP contribution in [0.15, 0.2) is 54.6 Å². The van der Waals surface area contributed by atoms with Crippen LogP contribution in [0.3, 0.4) is 0 Å². The summed E-state index contributed by atoms with van der Waals surface area (Å²) >= 11 is 0. The van der Waals surface area contributed by atoms with E-state index in [1.165, 1.54) is 22.9 Å². The molecule has 0 unspecified atom stereocenters. The molecule has 0 aromatic heterocycles. The molecule has 2 fully saturated rings. The van der Waals surface area contributed by atoms with Gasteiger partial charge in [0, 0.05) is 25.0 Å². The average molecular weight is 399 g/mol. The van der Waals surface area contributed by atoms with Crippen molar-refractivity contribution in [3.8, 4) is 11.1 Å². The summed E-state index contributed by atoms with van der Waals surface area (Å²) in [6.45, 7) is 1.19. The van der Waals surface area contributed by atoms with E-state index < -0.39 is 10.0 Å². The molecule has 1 N–H and O–H groups in total. The highest BCUT2D eigenvalue weighted by atomic mass is 32.2. The molecule has 0 spiro atoms. The Kier molecular flexibility index (Phi) is 5.25. The number of carbonyl (C=O) groups is 1. The summed E-state index contributed by atoms with van der Waals surface area (Å²) in [6, 6.07) is 18.6. The number of nitrogens with zero attached hydrogens (tertiary/aromatic N) is 1. The van der Waals surface area contributed by atoms with Gasteiger partial charge >= 0.3 is 0 Å². The zero-order chi connectivity index (χ0) is 19.7. The van der Waals surface area contributed by atoms with E-state index in [9.17, 15) is 13.2 Å². The molecule has 6 heteroatoms. The minimum Gasteiger partial charge on any atom is -0.341 e. The van der Waals surface area contributed by atoms with Gasteiger partial charge in [-0.2, -0.15) is 0 Å². The van der Waals surface area contributed by atoms with E-state index in [4.69, 9.17) is 0 Å². The number of amides is 1. The average Bonchev–Trinajstić information content (AvgIpc) is 3.48. The quantitative estimate of drug-likeness (QED) is 0.842. The number of hydrogen-bond donors (Lipinski definition) is 1. The van der Waals surface area contributed by atoms with Gasteiger partial charge < -0.3 is 4.90 Å². The standard InChI is InChI=1S/C22H26N2O3S/c1-28(26,27)23-19-8-5-13-24(15-19)22(25)21-14-20(21)18-11-9-17(10-12-18)16-6-3-2-4-7-16/h2-4,6-7,9-12,19-21,23H,5,8,13-15H2,1H3/t19-,20-,21+/m0/s1. The largest absolute Gasteiger partial charge is 0.341 e. The van der Waals surface area contributed by atoms with E-state index in [2.05, 4.69) is 41.1 Å². The maximum Gasteiger partial charge on any atom is 0.226 e. The zero-order valence-corrected chi connectivity index (χ0v) is 16.9. The topological polar surface area (TPSA) is 66.5 Å². The highest BCUT2D eigenvalue weighted by molar-refractivity contribution is 7.88. The third-order valence-corrected chi connectivity index (χ3v) is 6.43. The molecule has 3 atom stereocenters. The summed E-state index contributed by atoms with van der Waals surface area (Å²) in [5, 5.41) is 0. The smallest absolute Gasteiger partial charge is 0.226 e. The Bertz CT molecular complexity index is 942. The second-order valence-electron chi connectivity index (χ2n) is 7.95. The van der Waals surface area contributed by atoms with E-state index in [0.717, 1.165) is 25.8 Å². The van der Waals surface area contributed by atoms with E-state index in [0.29, 0.717) is 6.54 Å². The van der Waals surface area contributed by atoms with Gasteiger partial charge in [-0.1, -0.05) is 54.6 Å². The van der Waals surface area contributed by atoms with E-state index in [-0.39, 0.29) is 23.8 Å². The molecule has 4 rings (SSSR count). The number of likely N-dealkylation sites (tertiary alicyclic amines) is 1. The van der Waals surface area contributed by atoms with Crippen LogP contribution in [0, 0.1) is 5.92 Å². The third-order valence-electron chi connectivity index (χ3n) is 5.67. The third kappa shape index (κ3) is 4.45. The molecule has 148 valence electrons. The van der Waals surface area contributed by atoms with Gasteiger partial charge in [0.05, 0.1) is 6.26 Å². The highest BCUT2D eigenvalue weighted by Gasteiger charge is 2.46. The van der Waals surface area contributed by atoms with Crippen LogP contribution in [0.5, 0.6) is 0 Å². The van der Waals surface area contributed by atoms with E-state index >= 15 is 0 Å². The number of carbonyl (C=O) groups excluding carboxylic acids is 1. The Balaban J connectivity index is 1.38. The molecule has 2 aromatic rings. The summed E-state index contributed by atoms with van der Waals surface area (Å²) < 4.78 is 25.6. The van der Waals surface area contributed by atoms with Crippen LogP contribution in [-0.4, -0.2) is 44.6 Å². The molecule has 1 amide bonds. The van der Waals surface area contributed by atoms with Crippen LogP contribution < -0.4 is 4.72 Å². The number of benzene rings is 2. The molecule has 1 aliphatic heterocycles. The van der Waals surface area contributed by atoms with Crippen molar-refractivity contribution >= 4 is 15.9 Å². The molecule has 28 heavy (non-hydrogen) atoms. The van der Waals surface area contributed by atoms with Crippen molar-refractivity contribution in [2.24, 2.45) is 5.92 Å². The van der Waals surface area contributed by atoms with Crippen molar-refractivity contribution in [1.29, 1.82) is 0 Å². The van der Waals surface area contributed by atoms with Crippen molar-refractivity contribution in [2.75, 3.05) is 19.3 Å². The van der Waals surface area contributed by atoms with Crippen molar-refractivity contribution < 1.29 is 13.2 Å². The molecule has 2 aromatic carbocycles. The number of piperidine rings is 1.